The summed E-state index contributed by atoms with van der Waals surface area (Å²) >= 11 is 0. The quantitative estimate of drug-likeness (QED) is 0.662. The molecule has 1 nitrogen and oxygen atoms in total. The Hall–Kier alpha value is -0.390. The van der Waals surface area contributed by atoms with Crippen LogP contribution in [0, 0.1) is 0 Å². The van der Waals surface area contributed by atoms with Gasteiger partial charge in [0.25, 0.3) is 0 Å². The van der Waals surface area contributed by atoms with Crippen molar-refractivity contribution in [2.75, 3.05) is 13.7 Å². The van der Waals surface area contributed by atoms with Crippen molar-refractivity contribution in [3.63, 3.8) is 0 Å². The summed E-state index contributed by atoms with van der Waals surface area (Å²) in [5.74, 6) is -4.32. The van der Waals surface area contributed by atoms with E-state index in [0.717, 1.165) is 7.11 Å². The van der Waals surface area contributed by atoms with Crippen LogP contribution < -0.4 is 0 Å². The summed E-state index contributed by atoms with van der Waals surface area (Å²) in [4.78, 5) is 0. The third kappa shape index (κ3) is 0.965. The van der Waals surface area contributed by atoms with Crippen molar-refractivity contribution in [2.45, 2.75) is 42.2 Å². The molecule has 0 aromatic carbocycles. The van der Waals surface area contributed by atoms with Crippen molar-refractivity contribution in [1.29, 1.82) is 0 Å². The molecule has 0 saturated heterocycles. The Balaban J connectivity index is 2.47. The zero-order valence-electron chi connectivity index (χ0n) is 8.13. The Bertz CT molecular complexity index is 296. The number of fused-ring (bicyclic) bond motifs is 2. The highest BCUT2D eigenvalue weighted by atomic mass is 19.3. The van der Waals surface area contributed by atoms with Gasteiger partial charge < -0.3 is 4.74 Å². The van der Waals surface area contributed by atoms with Crippen LogP contribution in [0.2, 0.25) is 0 Å². The maximum atomic E-state index is 13.9. The van der Waals surface area contributed by atoms with Crippen molar-refractivity contribution < 1.29 is 26.7 Å². The van der Waals surface area contributed by atoms with Gasteiger partial charge >= 0.3 is 5.92 Å². The molecule has 88 valence electrons. The zero-order valence-corrected chi connectivity index (χ0v) is 8.13. The SMILES string of the molecule is COCC1(F)C2(F)CCC(F)(C2)C1(F)F. The molecule has 0 aromatic rings. The van der Waals surface area contributed by atoms with Crippen molar-refractivity contribution >= 4 is 0 Å². The maximum Gasteiger partial charge on any atom is 0.320 e. The summed E-state index contributed by atoms with van der Waals surface area (Å²) < 4.78 is 72.6. The molecular weight excluding hydrogens is 219 g/mol. The fraction of sp³-hybridized carbons (Fsp3) is 1.00. The fourth-order valence-electron chi connectivity index (χ4n) is 2.68. The lowest BCUT2D eigenvalue weighted by Gasteiger charge is -2.40. The van der Waals surface area contributed by atoms with Gasteiger partial charge in [0, 0.05) is 13.5 Å². The van der Waals surface area contributed by atoms with Gasteiger partial charge in [0.2, 0.25) is 5.67 Å². The molecule has 3 unspecified atom stereocenters. The number of alkyl halides is 5. The number of hydrogen-bond acceptors (Lipinski definition) is 1. The number of halogens is 5. The third-order valence-corrected chi connectivity index (χ3v) is 3.59. The van der Waals surface area contributed by atoms with E-state index >= 15 is 0 Å². The lowest BCUT2D eigenvalue weighted by molar-refractivity contribution is -0.241. The van der Waals surface area contributed by atoms with E-state index in [1.807, 2.05) is 0 Å². The van der Waals surface area contributed by atoms with Gasteiger partial charge in [-0.15, -0.1) is 0 Å². The largest absolute Gasteiger partial charge is 0.381 e. The molecule has 2 bridgehead atoms. The highest BCUT2D eigenvalue weighted by Crippen LogP contribution is 2.68. The minimum Gasteiger partial charge on any atom is -0.381 e. The number of hydrogen-bond donors (Lipinski definition) is 0. The fourth-order valence-corrected chi connectivity index (χ4v) is 2.68. The number of rotatable bonds is 2. The van der Waals surface area contributed by atoms with Gasteiger partial charge in [0.05, 0.1) is 6.61 Å². The molecule has 2 aliphatic rings. The van der Waals surface area contributed by atoms with E-state index < -0.39 is 48.8 Å². The monoisotopic (exact) mass is 230 g/mol. The van der Waals surface area contributed by atoms with E-state index in [1.54, 1.807) is 0 Å². The second kappa shape index (κ2) is 2.64. The van der Waals surface area contributed by atoms with Crippen molar-refractivity contribution in [3.05, 3.63) is 0 Å². The highest BCUT2D eigenvalue weighted by Gasteiger charge is 2.87. The van der Waals surface area contributed by atoms with Crippen LogP contribution in [0.15, 0.2) is 0 Å². The molecule has 0 heterocycles. The van der Waals surface area contributed by atoms with Crippen LogP contribution in [0.4, 0.5) is 22.0 Å². The predicted molar refractivity (Wildman–Crippen MR) is 42.2 cm³/mol. The number of methoxy groups -OCH3 is 1. The Morgan fingerprint density at radius 3 is 1.93 bits per heavy atom. The van der Waals surface area contributed by atoms with Gasteiger partial charge in [-0.25, -0.2) is 13.2 Å². The molecule has 2 saturated carbocycles. The average Bonchev–Trinajstić information content (AvgIpc) is 2.49. The average molecular weight is 230 g/mol. The summed E-state index contributed by atoms with van der Waals surface area (Å²) in [5.41, 5.74) is -9.40. The maximum absolute atomic E-state index is 13.9. The molecule has 15 heavy (non-hydrogen) atoms. The standard InChI is InChI=1S/C9H11F5O/c1-15-5-8(12)6(10)2-3-7(11,4-6)9(8,13)14/h2-5H2,1H3. The van der Waals surface area contributed by atoms with E-state index in [9.17, 15) is 22.0 Å². The molecule has 0 aliphatic heterocycles. The van der Waals surface area contributed by atoms with Crippen LogP contribution in [-0.2, 0) is 4.74 Å². The minimum absolute atomic E-state index is 0.515. The lowest BCUT2D eigenvalue weighted by Crippen LogP contribution is -2.62. The topological polar surface area (TPSA) is 9.23 Å². The van der Waals surface area contributed by atoms with E-state index in [1.165, 1.54) is 0 Å². The van der Waals surface area contributed by atoms with Crippen LogP contribution in [-0.4, -0.2) is 36.6 Å². The molecule has 0 amide bonds. The van der Waals surface area contributed by atoms with Gasteiger partial charge in [-0.2, -0.15) is 8.78 Å². The molecule has 3 atom stereocenters. The second-order valence-corrected chi connectivity index (χ2v) is 4.42. The van der Waals surface area contributed by atoms with E-state index in [4.69, 9.17) is 0 Å². The van der Waals surface area contributed by atoms with E-state index in [-0.39, 0.29) is 0 Å². The highest BCUT2D eigenvalue weighted by molar-refractivity contribution is 5.29. The minimum atomic E-state index is -4.32. The Labute approximate surface area is 83.6 Å². The number of ether oxygens (including phenoxy) is 1. The lowest BCUT2D eigenvalue weighted by atomic mass is 9.80. The van der Waals surface area contributed by atoms with Crippen LogP contribution in [0.25, 0.3) is 0 Å². The molecular formula is C9H11F5O. The normalized spacial score (nSPS) is 52.4. The predicted octanol–water partition coefficient (Wildman–Crippen LogP) is 2.59. The second-order valence-electron chi connectivity index (χ2n) is 4.42. The van der Waals surface area contributed by atoms with Crippen LogP contribution in [0.3, 0.4) is 0 Å². The van der Waals surface area contributed by atoms with E-state index in [0.29, 0.717) is 0 Å². The molecule has 0 aromatic heterocycles. The first-order valence-electron chi connectivity index (χ1n) is 4.66. The molecule has 2 aliphatic carbocycles. The summed E-state index contributed by atoms with van der Waals surface area (Å²) in [6, 6.07) is 0. The Kier molecular flexibility index (Phi) is 1.96. The first kappa shape index (κ1) is 11.1. The molecule has 6 heteroatoms. The van der Waals surface area contributed by atoms with Crippen LogP contribution in [0.5, 0.6) is 0 Å². The molecule has 0 radical (unpaired) electrons. The van der Waals surface area contributed by atoms with Gasteiger partial charge in [-0.05, 0) is 12.8 Å². The van der Waals surface area contributed by atoms with Crippen molar-refractivity contribution in [1.82, 2.24) is 0 Å². The molecule has 2 fully saturated rings. The first-order chi connectivity index (χ1) is 6.72. The van der Waals surface area contributed by atoms with Gasteiger partial charge in [-0.1, -0.05) is 0 Å². The van der Waals surface area contributed by atoms with Crippen molar-refractivity contribution in [2.24, 2.45) is 0 Å². The van der Waals surface area contributed by atoms with Gasteiger partial charge in [0.1, 0.15) is 0 Å². The molecule has 0 spiro atoms. The third-order valence-electron chi connectivity index (χ3n) is 3.59. The molecule has 2 rings (SSSR count). The first-order valence-corrected chi connectivity index (χ1v) is 4.66. The van der Waals surface area contributed by atoms with Gasteiger partial charge in [0.15, 0.2) is 11.3 Å². The van der Waals surface area contributed by atoms with Crippen molar-refractivity contribution in [3.8, 4) is 0 Å². The Morgan fingerprint density at radius 2 is 1.53 bits per heavy atom. The summed E-state index contributed by atoms with van der Waals surface area (Å²) in [7, 11) is 0.984. The molecule has 0 N–H and O–H groups in total. The summed E-state index contributed by atoms with van der Waals surface area (Å²) in [6.45, 7) is -1.12. The van der Waals surface area contributed by atoms with Gasteiger partial charge in [-0.3, -0.25) is 0 Å². The summed E-state index contributed by atoms with van der Waals surface area (Å²) in [5, 5.41) is 0. The Morgan fingerprint density at radius 1 is 1.00 bits per heavy atom. The van der Waals surface area contributed by atoms with Crippen LogP contribution in [0.1, 0.15) is 19.3 Å². The summed E-state index contributed by atoms with van der Waals surface area (Å²) in [6.07, 6.45) is -2.22. The smallest absolute Gasteiger partial charge is 0.320 e. The van der Waals surface area contributed by atoms with E-state index in [2.05, 4.69) is 4.74 Å². The van der Waals surface area contributed by atoms with Crippen LogP contribution >= 0.6 is 0 Å². The zero-order chi connectivity index (χ0) is 11.5.